The fourth-order valence-electron chi connectivity index (χ4n) is 11.8. The number of likely N-dealkylation sites (tertiary alicyclic amines) is 1. The van der Waals surface area contributed by atoms with Crippen molar-refractivity contribution >= 4 is 123 Å². The van der Waals surface area contributed by atoms with Gasteiger partial charge in [0, 0.05) is 61.4 Å². The van der Waals surface area contributed by atoms with Crippen molar-refractivity contribution in [2.45, 2.75) is 189 Å². The molecule has 4 heterocycles. The average molecular weight is 1380 g/mol. The molecule has 3 aliphatic heterocycles. The number of hydrogen-bond acceptors (Lipinski definition) is 16. The van der Waals surface area contributed by atoms with Gasteiger partial charge in [-0.1, -0.05) is 67.1 Å². The smallest absolute Gasteiger partial charge is 0.370 e. The van der Waals surface area contributed by atoms with E-state index in [1.165, 1.54) is 32.1 Å². The third-order valence-corrected chi connectivity index (χ3v) is 19.9. The Hall–Kier alpha value is -8.22. The lowest BCUT2D eigenvalue weighted by Gasteiger charge is -2.39. The van der Waals surface area contributed by atoms with E-state index < -0.39 is 121 Å². The van der Waals surface area contributed by atoms with Crippen LogP contribution < -0.4 is 64.6 Å². The number of carbonyl (C=O) groups is 12. The van der Waals surface area contributed by atoms with E-state index in [0.717, 1.165) is 45.9 Å². The second kappa shape index (κ2) is 35.0. The predicted octanol–water partition coefficient (Wildman–Crippen LogP) is 0.935. The summed E-state index contributed by atoms with van der Waals surface area (Å²) in [5.74, 6) is -7.73. The lowest BCUT2D eigenvalue weighted by atomic mass is 9.97. The predicted molar refractivity (Wildman–Crippen MR) is 354 cm³/mol. The minimum absolute atomic E-state index is 0.0128. The number of amides is 13. The molecule has 32 heteroatoms. The van der Waals surface area contributed by atoms with Crippen molar-refractivity contribution < 1.29 is 76.4 Å². The van der Waals surface area contributed by atoms with Crippen LogP contribution in [0.3, 0.4) is 0 Å². The van der Waals surface area contributed by atoms with Crippen LogP contribution in [0.1, 0.15) is 116 Å². The fraction of sp³-hybridized carbons (Fsp3) is 0.524. The third kappa shape index (κ3) is 22.2. The van der Waals surface area contributed by atoms with E-state index in [-0.39, 0.29) is 69.1 Å². The van der Waals surface area contributed by atoms with Crippen LogP contribution >= 0.6 is 30.9 Å². The van der Waals surface area contributed by atoms with Crippen LogP contribution in [0.2, 0.25) is 0 Å². The van der Waals surface area contributed by atoms with Crippen molar-refractivity contribution in [1.29, 1.82) is 0 Å². The summed E-state index contributed by atoms with van der Waals surface area (Å²) in [5, 5.41) is 31.3. The third-order valence-electron chi connectivity index (χ3n) is 16.8. The second-order valence-corrected chi connectivity index (χ2v) is 27.6. The molecular formula is C63H86N13O16PS2. The van der Waals surface area contributed by atoms with Crippen molar-refractivity contribution in [1.82, 2.24) is 58.1 Å². The van der Waals surface area contributed by atoms with Gasteiger partial charge >= 0.3 is 13.9 Å². The zero-order valence-electron chi connectivity index (χ0n) is 53.4. The lowest BCUT2D eigenvalue weighted by Crippen LogP contribution is -2.63. The van der Waals surface area contributed by atoms with E-state index in [4.69, 9.17) is 16.0 Å². The minimum atomic E-state index is -5.42. The molecule has 0 saturated carbocycles. The molecule has 3 saturated heterocycles. The van der Waals surface area contributed by atoms with Gasteiger partial charge in [-0.2, -0.15) is 11.8 Å². The van der Waals surface area contributed by atoms with Crippen LogP contribution in [0.25, 0.3) is 20.9 Å². The standard InChI is InChI=1S/C63H86N13O16PS2/c1-34(68-58(83)44(69-37(4)77)18-11-13-27-66-52(79)22-10-9-21-50-54-47(33-95-50)73-63(88)75-54)56(81)67-35(2)57(82)71-46(31-41-32-94-49-20-8-7-17-42(41)49)60(85)74-53(36(3)92-93(89,90)91)62(87)76-28-14-12-19-48(76)61(86)72-45(59(84)70-43(55(65)80)25-26-51(64)78)30-38-23-24-39-15-5-6-16-40(39)29-38/h5-8,15-17,20,23-24,29,32,34-36,43-48,50,53-54H,9-14,18-19,21-22,25-28,30-31,33H2,1-4H3,(H2,64,78)(H2,65,80)(H,66,79)(H,67,81)(H,68,83)(H,69,77)(H,70,84)(H,71,82)(H,72,86)(H,74,85)(H2,73,75,88)(H2,89,90,91)/t34-,35-,36?,43-,44-,45-,46-,47-,48-,50-,53-,54-/m0/s1. The quantitative estimate of drug-likeness (QED) is 0.0173. The molecule has 516 valence electrons. The van der Waals surface area contributed by atoms with Gasteiger partial charge in [0.15, 0.2) is 0 Å². The number of thioether (sulfide) groups is 1. The van der Waals surface area contributed by atoms with E-state index in [2.05, 4.69) is 53.2 Å². The molecule has 3 aliphatic rings. The maximum atomic E-state index is 15.1. The monoisotopic (exact) mass is 1380 g/mol. The highest BCUT2D eigenvalue weighted by Gasteiger charge is 2.44. The number of nitrogens with one attached hydrogen (secondary N) is 10. The SMILES string of the molecule is CC(=O)N[C@@H](CCCCNC(=O)CCCC[C@@H]1SC[C@@H]2NC(=O)N[C@@H]21)C(=O)N[C@@H](C)C(=O)N[C@@H](C)C(=O)N[C@@H](Cc1csc2ccccc12)C(=O)N[C@H](C(=O)N1CCCC[C@H]1C(=O)N[C@@H](Cc1ccc2ccccc2c1)C(=O)N[C@@H](CCC(N)=O)C(N)=O)C(C)OP(=O)(O)O. The van der Waals surface area contributed by atoms with Crippen molar-refractivity contribution in [3.05, 3.63) is 83.2 Å². The highest BCUT2D eigenvalue weighted by molar-refractivity contribution is 8.00. The van der Waals surface area contributed by atoms with E-state index in [1.54, 1.807) is 35.7 Å². The number of phosphoric acid groups is 1. The normalized spacial score (nSPS) is 19.3. The van der Waals surface area contributed by atoms with Gasteiger partial charge in [0.25, 0.3) is 0 Å². The number of piperidine rings is 1. The second-order valence-electron chi connectivity index (χ2n) is 24.2. The first-order chi connectivity index (χ1) is 45.1. The van der Waals surface area contributed by atoms with Crippen LogP contribution in [0, 0.1) is 0 Å². The van der Waals surface area contributed by atoms with Crippen molar-refractivity contribution in [2.75, 3.05) is 18.8 Å². The summed E-state index contributed by atoms with van der Waals surface area (Å²) in [6.07, 6.45) is 1.78. The number of carbonyl (C=O) groups excluding carboxylic acids is 12. The van der Waals surface area contributed by atoms with E-state index in [1.807, 2.05) is 48.2 Å². The summed E-state index contributed by atoms with van der Waals surface area (Å²) in [6, 6.07) is 8.64. The van der Waals surface area contributed by atoms with Crippen LogP contribution in [-0.2, 0) is 74.7 Å². The molecular weight excluding hydrogens is 1290 g/mol. The number of urea groups is 1. The van der Waals surface area contributed by atoms with Crippen molar-refractivity contribution in [2.24, 2.45) is 11.5 Å². The number of nitrogens with zero attached hydrogens (tertiary/aromatic N) is 1. The van der Waals surface area contributed by atoms with Crippen molar-refractivity contribution in [3.8, 4) is 0 Å². The van der Waals surface area contributed by atoms with E-state index >= 15 is 4.79 Å². The van der Waals surface area contributed by atoms with Gasteiger partial charge in [0.1, 0.15) is 48.3 Å². The number of fused-ring (bicyclic) bond motifs is 3. The summed E-state index contributed by atoms with van der Waals surface area (Å²) in [4.78, 5) is 182. The first-order valence-electron chi connectivity index (χ1n) is 31.7. The molecule has 4 aromatic rings. The number of benzene rings is 3. The number of nitrogens with two attached hydrogens (primary N) is 2. The molecule has 1 unspecified atom stereocenters. The molecule has 0 spiro atoms. The highest BCUT2D eigenvalue weighted by Crippen LogP contribution is 2.39. The number of hydrogen-bond donors (Lipinski definition) is 14. The van der Waals surface area contributed by atoms with Crippen LogP contribution in [0.15, 0.2) is 72.1 Å². The minimum Gasteiger partial charge on any atom is -0.370 e. The van der Waals surface area contributed by atoms with Crippen LogP contribution in [0.4, 0.5) is 4.79 Å². The van der Waals surface area contributed by atoms with Gasteiger partial charge in [-0.15, -0.1) is 11.3 Å². The molecule has 95 heavy (non-hydrogen) atoms. The number of unbranched alkanes of at least 4 members (excludes halogenated alkanes) is 2. The van der Waals surface area contributed by atoms with Gasteiger partial charge in [-0.3, -0.25) is 57.3 Å². The molecule has 29 nitrogen and oxygen atoms in total. The molecule has 3 aromatic carbocycles. The summed E-state index contributed by atoms with van der Waals surface area (Å²) in [6.45, 7) is 5.22. The Morgan fingerprint density at radius 3 is 2.08 bits per heavy atom. The molecule has 7 rings (SSSR count). The zero-order valence-corrected chi connectivity index (χ0v) is 55.9. The summed E-state index contributed by atoms with van der Waals surface area (Å²) >= 11 is 3.16. The largest absolute Gasteiger partial charge is 0.469 e. The maximum absolute atomic E-state index is 15.1. The fourth-order valence-corrected chi connectivity index (χ4v) is 14.8. The Kier molecular flexibility index (Phi) is 27.3. The Morgan fingerprint density at radius 1 is 0.705 bits per heavy atom. The first kappa shape index (κ1) is 74.2. The van der Waals surface area contributed by atoms with Crippen LogP contribution in [0.5, 0.6) is 0 Å². The molecule has 0 radical (unpaired) electrons. The topological polar surface area (TPSA) is 447 Å². The molecule has 3 fully saturated rings. The molecule has 0 aliphatic carbocycles. The van der Waals surface area contributed by atoms with Crippen molar-refractivity contribution in [3.63, 3.8) is 0 Å². The van der Waals surface area contributed by atoms with E-state index in [0.29, 0.717) is 66.8 Å². The number of phosphoric ester groups is 1. The van der Waals surface area contributed by atoms with Gasteiger partial charge < -0.3 is 79.3 Å². The van der Waals surface area contributed by atoms with Crippen LogP contribution in [-0.4, -0.2) is 176 Å². The Balaban J connectivity index is 1.00. The van der Waals surface area contributed by atoms with Gasteiger partial charge in [0.05, 0.1) is 18.2 Å². The van der Waals surface area contributed by atoms with Gasteiger partial charge in [-0.05, 0) is 117 Å². The number of thiophene rings is 1. The molecule has 16 N–H and O–H groups in total. The average Bonchev–Trinajstić information content (AvgIpc) is 1.82. The summed E-state index contributed by atoms with van der Waals surface area (Å²) in [7, 11) is -5.42. The molecule has 13 amide bonds. The lowest BCUT2D eigenvalue weighted by molar-refractivity contribution is -0.148. The molecule has 1 aromatic heterocycles. The van der Waals surface area contributed by atoms with Gasteiger partial charge in [-0.25, -0.2) is 9.36 Å². The molecule has 12 atom stereocenters. The summed E-state index contributed by atoms with van der Waals surface area (Å²) < 4.78 is 18.3. The Morgan fingerprint density at radius 2 is 1.37 bits per heavy atom. The Labute approximate surface area is 557 Å². The maximum Gasteiger partial charge on any atom is 0.469 e. The highest BCUT2D eigenvalue weighted by atomic mass is 32.2. The summed E-state index contributed by atoms with van der Waals surface area (Å²) in [5.41, 5.74) is 12.1. The Bertz CT molecular complexity index is 3520. The first-order valence-corrected chi connectivity index (χ1v) is 35.2. The number of primary amides is 2. The molecule has 0 bridgehead atoms. The van der Waals surface area contributed by atoms with E-state index in [9.17, 15) is 67.1 Å². The zero-order chi connectivity index (χ0) is 69.1. The van der Waals surface area contributed by atoms with Gasteiger partial charge in [0.2, 0.25) is 65.0 Å². The number of rotatable bonds is 35.